The summed E-state index contributed by atoms with van der Waals surface area (Å²) in [6.07, 6.45) is 1.02. The topological polar surface area (TPSA) is 90.4 Å². The number of hydrogen-bond donors (Lipinski definition) is 2. The van der Waals surface area contributed by atoms with E-state index in [1.54, 1.807) is 0 Å². The zero-order valence-corrected chi connectivity index (χ0v) is 12.1. The smallest absolute Gasteiger partial charge is 0.287 e. The number of rotatable bonds is 6. The van der Waals surface area contributed by atoms with Gasteiger partial charge in [0.2, 0.25) is 0 Å². The van der Waals surface area contributed by atoms with Gasteiger partial charge in [-0.1, -0.05) is 19.0 Å². The van der Waals surface area contributed by atoms with Gasteiger partial charge in [0.1, 0.15) is 5.75 Å². The van der Waals surface area contributed by atoms with E-state index in [0.717, 1.165) is 17.7 Å². The Morgan fingerprint density at radius 1 is 1.38 bits per heavy atom. The zero-order chi connectivity index (χ0) is 15.2. The fourth-order valence-corrected chi connectivity index (χ4v) is 1.72. The molecule has 1 amide bonds. The number of ether oxygens (including phenoxy) is 1. The molecule has 21 heavy (non-hydrogen) atoms. The molecule has 0 radical (unpaired) electrons. The molecule has 0 saturated heterocycles. The summed E-state index contributed by atoms with van der Waals surface area (Å²) >= 11 is 0. The molecule has 0 aliphatic carbocycles. The lowest BCUT2D eigenvalue weighted by molar-refractivity contribution is 0.0944. The molecule has 1 aromatic carbocycles. The van der Waals surface area contributed by atoms with Crippen LogP contribution in [0.2, 0.25) is 0 Å². The summed E-state index contributed by atoms with van der Waals surface area (Å²) in [6.45, 7) is 5.01. The first-order valence-corrected chi connectivity index (χ1v) is 6.81. The monoisotopic (exact) mass is 289 g/mol. The lowest BCUT2D eigenvalue weighted by atomic mass is 10.1. The molecule has 1 aromatic heterocycles. The third kappa shape index (κ3) is 4.06. The summed E-state index contributed by atoms with van der Waals surface area (Å²) < 4.78 is 10.8. The summed E-state index contributed by atoms with van der Waals surface area (Å²) in [5.74, 6) is 6.48. The van der Waals surface area contributed by atoms with Gasteiger partial charge in [0.05, 0.1) is 6.61 Å². The van der Waals surface area contributed by atoms with Crippen molar-refractivity contribution < 1.29 is 14.1 Å². The highest BCUT2D eigenvalue weighted by molar-refractivity contribution is 5.92. The van der Waals surface area contributed by atoms with Gasteiger partial charge in [-0.3, -0.25) is 10.2 Å². The van der Waals surface area contributed by atoms with Crippen molar-refractivity contribution >= 4 is 5.91 Å². The third-order valence-electron chi connectivity index (χ3n) is 2.98. The van der Waals surface area contributed by atoms with Crippen LogP contribution in [0.15, 0.2) is 34.9 Å². The molecule has 2 aromatic rings. The lowest BCUT2D eigenvalue weighted by Gasteiger charge is -2.08. The quantitative estimate of drug-likeness (QED) is 0.484. The first-order chi connectivity index (χ1) is 10.1. The second kappa shape index (κ2) is 6.90. The number of nitrogens with two attached hydrogens (primary N) is 1. The second-order valence-corrected chi connectivity index (χ2v) is 5.11. The predicted octanol–water partition coefficient (Wildman–Crippen LogP) is 2.37. The van der Waals surface area contributed by atoms with Gasteiger partial charge < -0.3 is 9.26 Å². The van der Waals surface area contributed by atoms with Crippen LogP contribution >= 0.6 is 0 Å². The van der Waals surface area contributed by atoms with E-state index in [2.05, 4.69) is 19.0 Å². The molecular weight excluding hydrogens is 270 g/mol. The summed E-state index contributed by atoms with van der Waals surface area (Å²) in [7, 11) is 0. The van der Waals surface area contributed by atoms with Gasteiger partial charge in [0.15, 0.2) is 11.5 Å². The van der Waals surface area contributed by atoms with Crippen molar-refractivity contribution in [3.8, 4) is 17.1 Å². The normalized spacial score (nSPS) is 10.7. The molecule has 0 unspecified atom stereocenters. The van der Waals surface area contributed by atoms with Crippen molar-refractivity contribution in [2.24, 2.45) is 11.8 Å². The molecule has 0 aliphatic heterocycles. The molecule has 1 heterocycles. The van der Waals surface area contributed by atoms with Gasteiger partial charge in [-0.15, -0.1) is 0 Å². The first kappa shape index (κ1) is 15.1. The van der Waals surface area contributed by atoms with Crippen LogP contribution in [0.1, 0.15) is 30.8 Å². The lowest BCUT2D eigenvalue weighted by Crippen LogP contribution is -2.30. The number of carbonyl (C=O) groups is 1. The van der Waals surface area contributed by atoms with Crippen molar-refractivity contribution in [2.75, 3.05) is 6.61 Å². The second-order valence-electron chi connectivity index (χ2n) is 5.11. The Morgan fingerprint density at radius 2 is 2.10 bits per heavy atom. The van der Waals surface area contributed by atoms with Crippen molar-refractivity contribution in [3.05, 3.63) is 36.0 Å². The Hall–Kier alpha value is -2.34. The van der Waals surface area contributed by atoms with E-state index in [1.165, 1.54) is 6.07 Å². The Labute approximate surface area is 123 Å². The highest BCUT2D eigenvalue weighted by Gasteiger charge is 2.12. The first-order valence-electron chi connectivity index (χ1n) is 6.81. The Kier molecular flexibility index (Phi) is 4.94. The molecule has 6 nitrogen and oxygen atoms in total. The standard InChI is InChI=1S/C15H19N3O3/c1-10(2)7-8-20-12-5-3-11(4-6-12)14-9-13(18-21-14)15(19)17-16/h3-6,9-10H,7-8,16H2,1-2H3,(H,17,19). The molecule has 112 valence electrons. The van der Waals surface area contributed by atoms with Gasteiger partial charge >= 0.3 is 0 Å². The number of nitrogens with zero attached hydrogens (tertiary/aromatic N) is 1. The van der Waals surface area contributed by atoms with Crippen molar-refractivity contribution in [2.45, 2.75) is 20.3 Å². The van der Waals surface area contributed by atoms with Crippen LogP contribution in [0.4, 0.5) is 0 Å². The largest absolute Gasteiger partial charge is 0.494 e. The molecule has 3 N–H and O–H groups in total. The highest BCUT2D eigenvalue weighted by Crippen LogP contribution is 2.23. The number of hydrogen-bond acceptors (Lipinski definition) is 5. The van der Waals surface area contributed by atoms with Crippen molar-refractivity contribution in [1.82, 2.24) is 10.6 Å². The maximum Gasteiger partial charge on any atom is 0.287 e. The van der Waals surface area contributed by atoms with E-state index in [0.29, 0.717) is 18.3 Å². The van der Waals surface area contributed by atoms with Crippen LogP contribution in [0.3, 0.4) is 0 Å². The molecule has 0 saturated carbocycles. The number of nitrogens with one attached hydrogen (secondary N) is 1. The van der Waals surface area contributed by atoms with E-state index in [-0.39, 0.29) is 5.69 Å². The minimum Gasteiger partial charge on any atom is -0.494 e. The molecule has 2 rings (SSSR count). The van der Waals surface area contributed by atoms with Crippen LogP contribution in [0.5, 0.6) is 5.75 Å². The van der Waals surface area contributed by atoms with E-state index >= 15 is 0 Å². The molecule has 0 spiro atoms. The minimum atomic E-state index is -0.487. The number of aromatic nitrogens is 1. The number of nitrogen functional groups attached to an aromatic ring is 1. The van der Waals surface area contributed by atoms with Gasteiger partial charge in [0.25, 0.3) is 5.91 Å². The van der Waals surface area contributed by atoms with Crippen LogP contribution in [-0.2, 0) is 0 Å². The van der Waals surface area contributed by atoms with Crippen LogP contribution in [0.25, 0.3) is 11.3 Å². The minimum absolute atomic E-state index is 0.143. The SMILES string of the molecule is CC(C)CCOc1ccc(-c2cc(C(=O)NN)no2)cc1. The summed E-state index contributed by atoms with van der Waals surface area (Å²) in [5.41, 5.74) is 2.96. The average Bonchev–Trinajstić information content (AvgIpc) is 2.96. The van der Waals surface area contributed by atoms with Crippen molar-refractivity contribution in [1.29, 1.82) is 0 Å². The average molecular weight is 289 g/mol. The molecule has 6 heteroatoms. The summed E-state index contributed by atoms with van der Waals surface area (Å²) in [6, 6.07) is 8.98. The Bertz CT molecular complexity index is 590. The highest BCUT2D eigenvalue weighted by atomic mass is 16.5. The van der Waals surface area contributed by atoms with E-state index in [4.69, 9.17) is 15.1 Å². The zero-order valence-electron chi connectivity index (χ0n) is 12.1. The Balaban J connectivity index is 2.01. The van der Waals surface area contributed by atoms with Gasteiger partial charge in [-0.25, -0.2) is 5.84 Å². The van der Waals surface area contributed by atoms with E-state index in [1.807, 2.05) is 29.7 Å². The summed E-state index contributed by atoms with van der Waals surface area (Å²) in [5, 5.41) is 3.66. The molecule has 0 aliphatic rings. The van der Waals surface area contributed by atoms with E-state index in [9.17, 15) is 4.79 Å². The molecule has 0 bridgehead atoms. The number of carbonyl (C=O) groups excluding carboxylic acids is 1. The number of amides is 1. The van der Waals surface area contributed by atoms with Gasteiger partial charge in [0, 0.05) is 11.6 Å². The molecular formula is C15H19N3O3. The van der Waals surface area contributed by atoms with Gasteiger partial charge in [-0.2, -0.15) is 0 Å². The van der Waals surface area contributed by atoms with Crippen LogP contribution in [-0.4, -0.2) is 17.7 Å². The third-order valence-corrected chi connectivity index (χ3v) is 2.98. The fourth-order valence-electron chi connectivity index (χ4n) is 1.72. The molecule has 0 fully saturated rings. The maximum absolute atomic E-state index is 11.3. The fraction of sp³-hybridized carbons (Fsp3) is 0.333. The number of benzene rings is 1. The van der Waals surface area contributed by atoms with Crippen molar-refractivity contribution in [3.63, 3.8) is 0 Å². The van der Waals surface area contributed by atoms with Crippen LogP contribution < -0.4 is 16.0 Å². The van der Waals surface area contributed by atoms with Gasteiger partial charge in [-0.05, 0) is 36.6 Å². The molecule has 0 atom stereocenters. The Morgan fingerprint density at radius 3 is 2.71 bits per heavy atom. The van der Waals surface area contributed by atoms with E-state index < -0.39 is 5.91 Å². The maximum atomic E-state index is 11.3. The summed E-state index contributed by atoms with van der Waals surface area (Å²) in [4.78, 5) is 11.3. The predicted molar refractivity (Wildman–Crippen MR) is 78.5 cm³/mol. The number of hydrazine groups is 1. The van der Waals surface area contributed by atoms with Crippen LogP contribution in [0, 0.1) is 5.92 Å².